The third kappa shape index (κ3) is 2.56. The van der Waals surface area contributed by atoms with E-state index in [1.165, 1.54) is 18.4 Å². The summed E-state index contributed by atoms with van der Waals surface area (Å²) >= 11 is 4.81. The number of halogens is 1. The highest BCUT2D eigenvalue weighted by atomic mass is 79.9. The van der Waals surface area contributed by atoms with E-state index in [0.29, 0.717) is 4.88 Å². The van der Waals surface area contributed by atoms with Gasteiger partial charge >= 0.3 is 5.97 Å². The van der Waals surface area contributed by atoms with Gasteiger partial charge in [-0.25, -0.2) is 0 Å². The molecule has 0 fully saturated rings. The van der Waals surface area contributed by atoms with Gasteiger partial charge in [-0.2, -0.15) is 0 Å². The second-order valence-electron chi connectivity index (χ2n) is 3.44. The normalized spacial score (nSPS) is 10.5. The van der Waals surface area contributed by atoms with Gasteiger partial charge in [0.1, 0.15) is 6.42 Å². The first-order chi connectivity index (χ1) is 8.11. The van der Waals surface area contributed by atoms with E-state index in [2.05, 4.69) is 20.7 Å². The van der Waals surface area contributed by atoms with Crippen molar-refractivity contribution in [2.45, 2.75) is 6.42 Å². The van der Waals surface area contributed by atoms with Crippen LogP contribution < -0.4 is 0 Å². The number of carbonyl (C=O) groups is 2. The molecule has 0 saturated carbocycles. The van der Waals surface area contributed by atoms with E-state index in [4.69, 9.17) is 0 Å². The van der Waals surface area contributed by atoms with Crippen molar-refractivity contribution in [3.63, 3.8) is 0 Å². The average Bonchev–Trinajstić information content (AvgIpc) is 2.74. The molecule has 0 bridgehead atoms. The van der Waals surface area contributed by atoms with Crippen LogP contribution in [0.2, 0.25) is 0 Å². The van der Waals surface area contributed by atoms with Crippen molar-refractivity contribution in [1.82, 2.24) is 0 Å². The van der Waals surface area contributed by atoms with Gasteiger partial charge in [-0.1, -0.05) is 12.1 Å². The maximum absolute atomic E-state index is 11.8. The van der Waals surface area contributed by atoms with Crippen molar-refractivity contribution < 1.29 is 14.3 Å². The van der Waals surface area contributed by atoms with Crippen LogP contribution in [0, 0.1) is 0 Å². The number of thiophene rings is 1. The lowest BCUT2D eigenvalue weighted by Gasteiger charge is -1.95. The lowest BCUT2D eigenvalue weighted by molar-refractivity contribution is -0.139. The minimum atomic E-state index is -0.508. The maximum atomic E-state index is 11.8. The van der Waals surface area contributed by atoms with Crippen LogP contribution in [-0.4, -0.2) is 18.9 Å². The van der Waals surface area contributed by atoms with Crippen LogP contribution in [0.25, 0.3) is 10.1 Å². The molecule has 0 N–H and O–H groups in total. The largest absolute Gasteiger partial charge is 0.469 e. The molecule has 0 unspecified atom stereocenters. The van der Waals surface area contributed by atoms with E-state index in [1.807, 2.05) is 18.2 Å². The first-order valence-corrected chi connectivity index (χ1v) is 6.51. The van der Waals surface area contributed by atoms with Crippen molar-refractivity contribution in [3.05, 3.63) is 33.6 Å². The second-order valence-corrected chi connectivity index (χ2v) is 5.35. The van der Waals surface area contributed by atoms with E-state index in [1.54, 1.807) is 6.07 Å². The van der Waals surface area contributed by atoms with Gasteiger partial charge in [-0.3, -0.25) is 9.59 Å². The topological polar surface area (TPSA) is 43.4 Å². The Morgan fingerprint density at radius 2 is 2.18 bits per heavy atom. The van der Waals surface area contributed by atoms with Gasteiger partial charge in [-0.15, -0.1) is 11.3 Å². The van der Waals surface area contributed by atoms with Crippen molar-refractivity contribution in [1.29, 1.82) is 0 Å². The Labute approximate surface area is 111 Å². The molecule has 1 aromatic carbocycles. The van der Waals surface area contributed by atoms with Gasteiger partial charge in [0.05, 0.1) is 12.0 Å². The number of fused-ring (bicyclic) bond motifs is 1. The zero-order chi connectivity index (χ0) is 12.4. The first kappa shape index (κ1) is 12.3. The number of benzene rings is 1. The molecule has 17 heavy (non-hydrogen) atoms. The molecule has 0 atom stereocenters. The van der Waals surface area contributed by atoms with Gasteiger partial charge in [0.15, 0.2) is 5.78 Å². The van der Waals surface area contributed by atoms with Crippen LogP contribution in [0.15, 0.2) is 28.7 Å². The zero-order valence-corrected chi connectivity index (χ0v) is 11.4. The molecule has 0 aliphatic rings. The lowest BCUT2D eigenvalue weighted by atomic mass is 10.2. The molecular weight excluding hydrogens is 304 g/mol. The molecule has 0 radical (unpaired) electrons. The Balaban J connectivity index is 2.34. The molecule has 0 aliphatic heterocycles. The van der Waals surface area contributed by atoms with Gasteiger partial charge < -0.3 is 4.74 Å². The summed E-state index contributed by atoms with van der Waals surface area (Å²) in [5.74, 6) is -0.712. The number of rotatable bonds is 3. The summed E-state index contributed by atoms with van der Waals surface area (Å²) in [4.78, 5) is 23.4. The van der Waals surface area contributed by atoms with Crippen molar-refractivity contribution in [2.24, 2.45) is 0 Å². The van der Waals surface area contributed by atoms with E-state index >= 15 is 0 Å². The van der Waals surface area contributed by atoms with E-state index in [9.17, 15) is 9.59 Å². The molecule has 2 aromatic rings. The second kappa shape index (κ2) is 4.98. The Morgan fingerprint density at radius 3 is 2.82 bits per heavy atom. The summed E-state index contributed by atoms with van der Waals surface area (Å²) in [5.41, 5.74) is 0. The van der Waals surface area contributed by atoms with Crippen LogP contribution in [-0.2, 0) is 9.53 Å². The molecule has 2 rings (SSSR count). The maximum Gasteiger partial charge on any atom is 0.313 e. The predicted molar refractivity (Wildman–Crippen MR) is 70.5 cm³/mol. The Hall–Kier alpha value is -1.20. The van der Waals surface area contributed by atoms with Crippen LogP contribution >= 0.6 is 27.3 Å². The molecule has 1 heterocycles. The molecule has 0 amide bonds. The highest BCUT2D eigenvalue weighted by molar-refractivity contribution is 9.10. The molecule has 0 spiro atoms. The highest BCUT2D eigenvalue weighted by Crippen LogP contribution is 2.32. The minimum absolute atomic E-state index is 0.204. The molecule has 88 valence electrons. The minimum Gasteiger partial charge on any atom is -0.469 e. The van der Waals surface area contributed by atoms with Crippen molar-refractivity contribution in [2.75, 3.05) is 7.11 Å². The Bertz CT molecular complexity index is 588. The molecule has 0 saturated heterocycles. The monoisotopic (exact) mass is 312 g/mol. The van der Waals surface area contributed by atoms with Crippen LogP contribution in [0.3, 0.4) is 0 Å². The van der Waals surface area contributed by atoms with Gasteiger partial charge in [0.25, 0.3) is 0 Å². The summed E-state index contributed by atoms with van der Waals surface area (Å²) in [7, 11) is 1.27. The number of ether oxygens (including phenoxy) is 1. The number of hydrogen-bond donors (Lipinski definition) is 0. The molecule has 3 nitrogen and oxygen atoms in total. The predicted octanol–water partition coefficient (Wildman–Crippen LogP) is 3.41. The summed E-state index contributed by atoms with van der Waals surface area (Å²) < 4.78 is 6.45. The quantitative estimate of drug-likeness (QED) is 0.495. The van der Waals surface area contributed by atoms with Crippen molar-refractivity contribution >= 4 is 49.1 Å². The van der Waals surface area contributed by atoms with Crippen LogP contribution in [0.5, 0.6) is 0 Å². The molecule has 1 aromatic heterocycles. The van der Waals surface area contributed by atoms with Crippen LogP contribution in [0.4, 0.5) is 0 Å². The van der Waals surface area contributed by atoms with E-state index < -0.39 is 5.97 Å². The number of Topliss-reactive ketones (excluding diaryl/α,β-unsaturated/α-hetero) is 1. The van der Waals surface area contributed by atoms with E-state index in [-0.39, 0.29) is 12.2 Å². The highest BCUT2D eigenvalue weighted by Gasteiger charge is 2.15. The SMILES string of the molecule is COC(=O)CC(=O)c1cc2cccc(Br)c2s1. The van der Waals surface area contributed by atoms with E-state index in [0.717, 1.165) is 14.6 Å². The van der Waals surface area contributed by atoms with Gasteiger partial charge in [-0.05, 0) is 33.4 Å². The summed E-state index contributed by atoms with van der Waals surface area (Å²) in [6, 6.07) is 7.57. The fourth-order valence-corrected chi connectivity index (χ4v) is 3.08. The number of esters is 1. The fraction of sp³-hybridized carbons (Fsp3) is 0.167. The Kier molecular flexibility index (Phi) is 3.59. The number of methoxy groups -OCH3 is 1. The first-order valence-electron chi connectivity index (χ1n) is 4.90. The smallest absolute Gasteiger partial charge is 0.313 e. The third-order valence-corrected chi connectivity index (χ3v) is 4.45. The summed E-state index contributed by atoms with van der Waals surface area (Å²) in [6.07, 6.45) is -0.207. The van der Waals surface area contributed by atoms with Gasteiger partial charge in [0.2, 0.25) is 0 Å². The summed E-state index contributed by atoms with van der Waals surface area (Å²) in [6.45, 7) is 0. The summed E-state index contributed by atoms with van der Waals surface area (Å²) in [5, 5.41) is 0.998. The number of ketones is 1. The fourth-order valence-electron chi connectivity index (χ4n) is 1.46. The average molecular weight is 313 g/mol. The number of carbonyl (C=O) groups excluding carboxylic acids is 2. The zero-order valence-electron chi connectivity index (χ0n) is 9.03. The standard InChI is InChI=1S/C12H9BrO3S/c1-16-11(15)6-9(14)10-5-7-3-2-4-8(13)12(7)17-10/h2-5H,6H2,1H3. The lowest BCUT2D eigenvalue weighted by Crippen LogP contribution is -2.07. The number of hydrogen-bond acceptors (Lipinski definition) is 4. The van der Waals surface area contributed by atoms with Crippen LogP contribution in [0.1, 0.15) is 16.1 Å². The van der Waals surface area contributed by atoms with Crippen molar-refractivity contribution in [3.8, 4) is 0 Å². The molecule has 5 heteroatoms. The Morgan fingerprint density at radius 1 is 1.41 bits per heavy atom. The third-order valence-electron chi connectivity index (χ3n) is 2.30. The molecular formula is C12H9BrO3S. The molecule has 0 aliphatic carbocycles. The van der Waals surface area contributed by atoms with Gasteiger partial charge in [0, 0.05) is 9.17 Å².